The molecule has 0 saturated carbocycles. The van der Waals surface area contributed by atoms with Crippen LogP contribution in [0.5, 0.6) is 0 Å². The molecule has 5 heteroatoms. The first-order chi connectivity index (χ1) is 6.22. The van der Waals surface area contributed by atoms with Crippen molar-refractivity contribution in [2.75, 3.05) is 14.2 Å². The van der Waals surface area contributed by atoms with Crippen LogP contribution < -0.4 is 0 Å². The highest BCUT2D eigenvalue weighted by Gasteiger charge is 2.19. The van der Waals surface area contributed by atoms with Crippen molar-refractivity contribution in [1.82, 2.24) is 0 Å². The molecule has 0 aliphatic carbocycles. The molecule has 0 radical (unpaired) electrons. The van der Waals surface area contributed by atoms with Crippen molar-refractivity contribution in [3.05, 3.63) is 0 Å². The smallest absolute Gasteiger partial charge is 0.261 e. The molecule has 0 aliphatic heterocycles. The minimum Gasteiger partial charge on any atom is -0.372 e. The summed E-state index contributed by atoms with van der Waals surface area (Å²) in [6.07, 6.45) is 0. The van der Waals surface area contributed by atoms with Gasteiger partial charge < -0.3 is 13.9 Å². The lowest BCUT2D eigenvalue weighted by molar-refractivity contribution is -0.224. The summed E-state index contributed by atoms with van der Waals surface area (Å²) in [4.78, 5) is 0. The van der Waals surface area contributed by atoms with E-state index in [0.29, 0.717) is 0 Å². The fourth-order valence-electron chi connectivity index (χ4n) is 0.481. The van der Waals surface area contributed by atoms with E-state index >= 15 is 0 Å². The second kappa shape index (κ2) is 8.90. The van der Waals surface area contributed by atoms with Gasteiger partial charge in [-0.3, -0.25) is 0 Å². The summed E-state index contributed by atoms with van der Waals surface area (Å²) in [5.41, 5.74) is 0. The van der Waals surface area contributed by atoms with Crippen LogP contribution in [0.15, 0.2) is 0 Å². The monoisotopic (exact) mass is 236 g/mol. The molecule has 86 valence electrons. The summed E-state index contributed by atoms with van der Waals surface area (Å²) in [6, 6.07) is 0. The summed E-state index contributed by atoms with van der Waals surface area (Å²) in [5, 5.41) is 0. The van der Waals surface area contributed by atoms with E-state index in [-0.39, 0.29) is 14.1 Å². The number of hydrogen-bond acceptors (Lipinski definition) is 3. The van der Waals surface area contributed by atoms with Crippen LogP contribution >= 0.6 is 0 Å². The van der Waals surface area contributed by atoms with Gasteiger partial charge in [-0.2, -0.15) is 0 Å². The lowest BCUT2D eigenvalue weighted by Gasteiger charge is -2.23. The van der Waals surface area contributed by atoms with Crippen molar-refractivity contribution in [3.8, 4) is 0 Å². The molecule has 0 atom stereocenters. The Hall–Kier alpha value is 0.629. The van der Waals surface area contributed by atoms with Gasteiger partial charge >= 0.3 is 0 Å². The van der Waals surface area contributed by atoms with Crippen LogP contribution in [0.1, 0.15) is 0 Å². The molecule has 0 rings (SSSR count). The Kier molecular flexibility index (Phi) is 10.8. The Labute approximate surface area is 94.3 Å². The summed E-state index contributed by atoms with van der Waals surface area (Å²) in [6.45, 7) is 5.75. The van der Waals surface area contributed by atoms with Gasteiger partial charge in [0.2, 0.25) is 0 Å². The number of ether oxygens (including phenoxy) is 2. The summed E-state index contributed by atoms with van der Waals surface area (Å²) < 4.78 is 15.2. The van der Waals surface area contributed by atoms with Crippen molar-refractivity contribution in [2.45, 2.75) is 43.5 Å². The van der Waals surface area contributed by atoms with Gasteiger partial charge in [0.05, 0.1) is 0 Å². The first-order valence-corrected chi connectivity index (χ1v) is 11.8. The molecule has 0 heterocycles. The zero-order chi connectivity index (χ0) is 11.8. The molecule has 0 aliphatic rings. The number of methoxy groups -OCH3 is 2. The van der Waals surface area contributed by atoms with Crippen molar-refractivity contribution in [1.29, 1.82) is 0 Å². The molecule has 0 N–H and O–H groups in total. The molecule has 0 amide bonds. The molecular formula is C9H25AlO3Si. The van der Waals surface area contributed by atoms with Crippen molar-refractivity contribution in [3.63, 3.8) is 0 Å². The van der Waals surface area contributed by atoms with Gasteiger partial charge in [-0.05, 0) is 19.6 Å². The first kappa shape index (κ1) is 17.0. The minimum absolute atomic E-state index is 0.139. The van der Waals surface area contributed by atoms with E-state index in [1.54, 1.807) is 14.2 Å². The summed E-state index contributed by atoms with van der Waals surface area (Å²) in [7, 11) is 1.62. The first-order valence-electron chi connectivity index (χ1n) is 4.96. The normalized spacial score (nSPS) is 10.9. The topological polar surface area (TPSA) is 27.7 Å². The molecule has 0 aromatic carbocycles. The van der Waals surface area contributed by atoms with Crippen LogP contribution in [0.4, 0.5) is 0 Å². The number of hydrogen-bond donors (Lipinski definition) is 0. The van der Waals surface area contributed by atoms with E-state index in [0.717, 1.165) is 0 Å². The van der Waals surface area contributed by atoms with E-state index in [2.05, 4.69) is 37.0 Å². The molecule has 3 nitrogen and oxygen atoms in total. The third-order valence-corrected chi connectivity index (χ3v) is 1.73. The van der Waals surface area contributed by atoms with Gasteiger partial charge in [0, 0.05) is 14.2 Å². The number of rotatable bonds is 4. The van der Waals surface area contributed by atoms with Crippen LogP contribution in [0.2, 0.25) is 37.0 Å². The zero-order valence-electron chi connectivity index (χ0n) is 10.9. The standard InChI is InChI=1S/C6H16O3Si.3CH3.Al/c1-7-6(8-2)9-10(3,4)5;;;;/h6H,1-5H3;3*1H3;. The minimum atomic E-state index is -1.51. The van der Waals surface area contributed by atoms with E-state index in [1.807, 2.05) is 0 Å². The maximum absolute atomic E-state index is 5.43. The quantitative estimate of drug-likeness (QED) is 0.555. The van der Waals surface area contributed by atoms with Crippen molar-refractivity contribution >= 4 is 22.5 Å². The van der Waals surface area contributed by atoms with Crippen LogP contribution in [-0.2, 0) is 13.9 Å². The molecule has 0 aromatic rings. The Bertz CT molecular complexity index is 119. The van der Waals surface area contributed by atoms with Gasteiger partial charge in [0.1, 0.15) is 0 Å². The molecule has 0 unspecified atom stereocenters. The molecule has 0 spiro atoms. The predicted molar refractivity (Wildman–Crippen MR) is 65.6 cm³/mol. The Morgan fingerprint density at radius 2 is 1.21 bits per heavy atom. The fourth-order valence-corrected chi connectivity index (χ4v) is 1.25. The second-order valence-corrected chi connectivity index (χ2v) is 12.6. The molecule has 0 aromatic heterocycles. The molecular weight excluding hydrogens is 211 g/mol. The zero-order valence-corrected chi connectivity index (χ0v) is 13.0. The summed E-state index contributed by atoms with van der Waals surface area (Å²) in [5.74, 6) is 6.92. The van der Waals surface area contributed by atoms with Crippen LogP contribution in [0.3, 0.4) is 0 Å². The molecule has 14 heavy (non-hydrogen) atoms. The van der Waals surface area contributed by atoms with Gasteiger partial charge in [0.25, 0.3) is 20.6 Å². The highest BCUT2D eigenvalue weighted by atomic mass is 28.4. The summed E-state index contributed by atoms with van der Waals surface area (Å²) >= 11 is -0.139. The van der Waals surface area contributed by atoms with E-state index < -0.39 is 14.8 Å². The van der Waals surface area contributed by atoms with Gasteiger partial charge in [-0.25, -0.2) is 0 Å². The average molecular weight is 236 g/mol. The van der Waals surface area contributed by atoms with Crippen LogP contribution in [-0.4, -0.2) is 43.2 Å². The lowest BCUT2D eigenvalue weighted by atomic mass is 11.2. The third kappa shape index (κ3) is 18.4. The Balaban J connectivity index is 0. The molecule has 0 bridgehead atoms. The van der Waals surface area contributed by atoms with Gasteiger partial charge in [-0.1, -0.05) is 0 Å². The lowest BCUT2D eigenvalue weighted by Crippen LogP contribution is -2.33. The maximum atomic E-state index is 5.43. The predicted octanol–water partition coefficient (Wildman–Crippen LogP) is 2.78. The Morgan fingerprint density at radius 3 is 1.29 bits per heavy atom. The van der Waals surface area contributed by atoms with Gasteiger partial charge in [0.15, 0.2) is 8.32 Å². The van der Waals surface area contributed by atoms with E-state index in [1.165, 1.54) is 0 Å². The fraction of sp³-hybridized carbons (Fsp3) is 1.00. The van der Waals surface area contributed by atoms with Crippen LogP contribution in [0, 0.1) is 0 Å². The maximum Gasteiger partial charge on any atom is 0.261 e. The average Bonchev–Trinajstić information content (AvgIpc) is 1.97. The van der Waals surface area contributed by atoms with Crippen molar-refractivity contribution in [2.24, 2.45) is 0 Å². The highest BCUT2D eigenvalue weighted by molar-refractivity contribution is 6.69. The second-order valence-electron chi connectivity index (χ2n) is 4.72. The van der Waals surface area contributed by atoms with Gasteiger partial charge in [-0.15, -0.1) is 17.4 Å². The third-order valence-electron chi connectivity index (χ3n) is 0.835. The SMILES string of the molecule is COC(OC)O[Si](C)(C)C.[CH3][Al]([CH3])[CH3]. The van der Waals surface area contributed by atoms with E-state index in [9.17, 15) is 0 Å². The Morgan fingerprint density at radius 1 is 0.929 bits per heavy atom. The van der Waals surface area contributed by atoms with Crippen molar-refractivity contribution < 1.29 is 13.9 Å². The molecule has 0 fully saturated rings. The molecule has 0 saturated heterocycles. The largest absolute Gasteiger partial charge is 0.372 e. The van der Waals surface area contributed by atoms with Crippen LogP contribution in [0.25, 0.3) is 0 Å². The highest BCUT2D eigenvalue weighted by Crippen LogP contribution is 2.07. The van der Waals surface area contributed by atoms with E-state index in [4.69, 9.17) is 13.9 Å².